The Kier molecular flexibility index (Phi) is 10.2. The molecular formula is C28H38BrN3O4S. The molecule has 0 aromatic heterocycles. The van der Waals surface area contributed by atoms with Gasteiger partial charge in [0.15, 0.2) is 0 Å². The van der Waals surface area contributed by atoms with Crippen molar-refractivity contribution in [1.29, 1.82) is 0 Å². The van der Waals surface area contributed by atoms with E-state index in [-0.39, 0.29) is 18.5 Å². The van der Waals surface area contributed by atoms with E-state index in [0.29, 0.717) is 11.6 Å². The van der Waals surface area contributed by atoms with Crippen LogP contribution in [0.5, 0.6) is 0 Å². The highest BCUT2D eigenvalue weighted by atomic mass is 79.9. The summed E-state index contributed by atoms with van der Waals surface area (Å²) in [5.41, 5.74) is 2.34. The fraction of sp³-hybridized carbons (Fsp3) is 0.500. The molecule has 3 rings (SSSR count). The third kappa shape index (κ3) is 8.30. The number of hydrogen-bond donors (Lipinski definition) is 1. The minimum Gasteiger partial charge on any atom is -0.352 e. The van der Waals surface area contributed by atoms with E-state index >= 15 is 0 Å². The minimum atomic E-state index is -3.75. The first kappa shape index (κ1) is 29.2. The van der Waals surface area contributed by atoms with Crippen molar-refractivity contribution in [1.82, 2.24) is 10.2 Å². The highest BCUT2D eigenvalue weighted by molar-refractivity contribution is 9.10. The highest BCUT2D eigenvalue weighted by Crippen LogP contribution is 2.23. The zero-order valence-electron chi connectivity index (χ0n) is 22.1. The molecule has 1 atom stereocenters. The lowest BCUT2D eigenvalue weighted by molar-refractivity contribution is -0.139. The normalized spacial score (nSPS) is 15.3. The van der Waals surface area contributed by atoms with Crippen LogP contribution in [0.25, 0.3) is 0 Å². The lowest BCUT2D eigenvalue weighted by atomic mass is 9.95. The van der Waals surface area contributed by atoms with Crippen molar-refractivity contribution in [2.75, 3.05) is 17.1 Å². The maximum Gasteiger partial charge on any atom is 0.244 e. The minimum absolute atomic E-state index is 0.110. The molecule has 0 radical (unpaired) electrons. The molecule has 2 amide bonds. The standard InChI is InChI=1S/C28H38BrN3O4S/c1-20(2)23-13-15-26(16-14-23)32(37(4,35)36)19-27(33)31(18-22-9-8-10-24(29)17-22)21(3)28(34)30-25-11-6-5-7-12-25/h8-10,13-17,20-21,25H,5-7,11-12,18-19H2,1-4H3,(H,30,34)/t21-/m0/s1. The smallest absolute Gasteiger partial charge is 0.244 e. The average molecular weight is 593 g/mol. The van der Waals surface area contributed by atoms with Crippen molar-refractivity contribution < 1.29 is 18.0 Å². The first-order chi connectivity index (χ1) is 17.5. The van der Waals surface area contributed by atoms with Crippen molar-refractivity contribution >= 4 is 43.5 Å². The van der Waals surface area contributed by atoms with E-state index in [4.69, 9.17) is 0 Å². The zero-order valence-corrected chi connectivity index (χ0v) is 24.5. The van der Waals surface area contributed by atoms with Crippen LogP contribution in [0.4, 0.5) is 5.69 Å². The number of rotatable bonds is 10. The number of carbonyl (C=O) groups is 2. The van der Waals surface area contributed by atoms with Crippen molar-refractivity contribution in [3.63, 3.8) is 0 Å². The Labute approximate surface area is 229 Å². The van der Waals surface area contributed by atoms with Crippen molar-refractivity contribution in [3.8, 4) is 0 Å². The van der Waals surface area contributed by atoms with Crippen LogP contribution in [-0.2, 0) is 26.2 Å². The van der Waals surface area contributed by atoms with Gasteiger partial charge in [0.05, 0.1) is 11.9 Å². The summed E-state index contributed by atoms with van der Waals surface area (Å²) in [6.45, 7) is 5.62. The van der Waals surface area contributed by atoms with Crippen molar-refractivity contribution in [3.05, 3.63) is 64.1 Å². The molecule has 1 fully saturated rings. The van der Waals surface area contributed by atoms with E-state index in [1.165, 1.54) is 11.3 Å². The Morgan fingerprint density at radius 1 is 1.03 bits per heavy atom. The second-order valence-electron chi connectivity index (χ2n) is 10.2. The molecule has 0 heterocycles. The van der Waals surface area contributed by atoms with Crippen LogP contribution in [0, 0.1) is 0 Å². The molecule has 2 aromatic carbocycles. The van der Waals surface area contributed by atoms with Gasteiger partial charge in [-0.25, -0.2) is 8.42 Å². The van der Waals surface area contributed by atoms with Crippen LogP contribution in [0.15, 0.2) is 53.0 Å². The molecule has 1 saturated carbocycles. The summed E-state index contributed by atoms with van der Waals surface area (Å²) in [6, 6.07) is 14.1. The number of amides is 2. The second kappa shape index (κ2) is 12.9. The van der Waals surface area contributed by atoms with Crippen LogP contribution in [0.3, 0.4) is 0 Å². The molecule has 0 saturated heterocycles. The number of nitrogens with one attached hydrogen (secondary N) is 1. The quantitative estimate of drug-likeness (QED) is 0.411. The number of hydrogen-bond acceptors (Lipinski definition) is 4. The fourth-order valence-corrected chi connectivity index (χ4v) is 5.92. The summed E-state index contributed by atoms with van der Waals surface area (Å²) < 4.78 is 27.5. The Morgan fingerprint density at radius 2 is 1.68 bits per heavy atom. The van der Waals surface area contributed by atoms with Gasteiger partial charge in [0.25, 0.3) is 0 Å². The lowest BCUT2D eigenvalue weighted by Crippen LogP contribution is -2.52. The molecular weight excluding hydrogens is 554 g/mol. The summed E-state index contributed by atoms with van der Waals surface area (Å²) in [6.07, 6.45) is 6.31. The molecule has 0 spiro atoms. The number of nitrogens with zero attached hydrogens (tertiary/aromatic N) is 2. The van der Waals surface area contributed by atoms with Gasteiger partial charge in [-0.05, 0) is 61.1 Å². The molecule has 0 aliphatic heterocycles. The van der Waals surface area contributed by atoms with E-state index in [2.05, 4.69) is 35.1 Å². The number of sulfonamides is 1. The van der Waals surface area contributed by atoms with Crippen LogP contribution in [-0.4, -0.2) is 50.0 Å². The fourth-order valence-electron chi connectivity index (χ4n) is 4.62. The van der Waals surface area contributed by atoms with Crippen LogP contribution < -0.4 is 9.62 Å². The maximum absolute atomic E-state index is 13.7. The maximum atomic E-state index is 13.7. The number of benzene rings is 2. The summed E-state index contributed by atoms with van der Waals surface area (Å²) in [7, 11) is -3.75. The zero-order chi connectivity index (χ0) is 27.2. The van der Waals surface area contributed by atoms with E-state index in [1.54, 1.807) is 19.1 Å². The molecule has 2 aromatic rings. The Bertz CT molecular complexity index is 1180. The molecule has 1 aliphatic carbocycles. The number of halogens is 1. The molecule has 202 valence electrons. The van der Waals surface area contributed by atoms with Crippen LogP contribution >= 0.6 is 15.9 Å². The second-order valence-corrected chi connectivity index (χ2v) is 13.0. The molecule has 37 heavy (non-hydrogen) atoms. The van der Waals surface area contributed by atoms with Gasteiger partial charge in [-0.1, -0.05) is 73.3 Å². The first-order valence-electron chi connectivity index (χ1n) is 12.9. The van der Waals surface area contributed by atoms with Crippen LogP contribution in [0.1, 0.15) is 69.9 Å². The van der Waals surface area contributed by atoms with E-state index in [9.17, 15) is 18.0 Å². The third-order valence-corrected chi connectivity index (χ3v) is 8.52. The topological polar surface area (TPSA) is 86.8 Å². The summed E-state index contributed by atoms with van der Waals surface area (Å²) >= 11 is 3.46. The number of carbonyl (C=O) groups excluding carboxylic acids is 2. The van der Waals surface area contributed by atoms with Crippen molar-refractivity contribution in [2.45, 2.75) is 77.4 Å². The Balaban J connectivity index is 1.87. The molecule has 1 N–H and O–H groups in total. The van der Waals surface area contributed by atoms with Crippen molar-refractivity contribution in [2.24, 2.45) is 0 Å². The van der Waals surface area contributed by atoms with Gasteiger partial charge in [-0.3, -0.25) is 13.9 Å². The predicted molar refractivity (Wildman–Crippen MR) is 152 cm³/mol. The van der Waals surface area contributed by atoms with Gasteiger partial charge >= 0.3 is 0 Å². The first-order valence-corrected chi connectivity index (χ1v) is 15.5. The average Bonchev–Trinajstić information content (AvgIpc) is 2.85. The molecule has 1 aliphatic rings. The van der Waals surface area contributed by atoms with Gasteiger partial charge < -0.3 is 10.2 Å². The summed E-state index contributed by atoms with van der Waals surface area (Å²) in [4.78, 5) is 28.4. The molecule has 7 nitrogen and oxygen atoms in total. The third-order valence-electron chi connectivity index (χ3n) is 6.89. The lowest BCUT2D eigenvalue weighted by Gasteiger charge is -2.33. The largest absolute Gasteiger partial charge is 0.352 e. The number of anilines is 1. The predicted octanol–water partition coefficient (Wildman–Crippen LogP) is 5.20. The van der Waals surface area contributed by atoms with Gasteiger partial charge in [-0.15, -0.1) is 0 Å². The van der Waals surface area contributed by atoms with Crippen LogP contribution in [0.2, 0.25) is 0 Å². The van der Waals surface area contributed by atoms with E-state index < -0.39 is 28.5 Å². The molecule has 9 heteroatoms. The highest BCUT2D eigenvalue weighted by Gasteiger charge is 2.31. The molecule has 0 bridgehead atoms. The van der Waals surface area contributed by atoms with Gasteiger partial charge in [0.2, 0.25) is 21.8 Å². The molecule has 0 unspecified atom stereocenters. The summed E-state index contributed by atoms with van der Waals surface area (Å²) in [5, 5.41) is 3.11. The van der Waals surface area contributed by atoms with Gasteiger partial charge in [0.1, 0.15) is 12.6 Å². The Morgan fingerprint density at radius 3 is 2.24 bits per heavy atom. The van der Waals surface area contributed by atoms with E-state index in [1.807, 2.05) is 36.4 Å². The summed E-state index contributed by atoms with van der Waals surface area (Å²) in [5.74, 6) is -0.362. The monoisotopic (exact) mass is 591 g/mol. The Hall–Kier alpha value is -2.39. The van der Waals surface area contributed by atoms with Gasteiger partial charge in [-0.2, -0.15) is 0 Å². The van der Waals surface area contributed by atoms with E-state index in [0.717, 1.165) is 51.8 Å². The van der Waals surface area contributed by atoms with Gasteiger partial charge in [0, 0.05) is 17.1 Å². The SMILES string of the molecule is CC(C)c1ccc(N(CC(=O)N(Cc2cccc(Br)c2)[C@@H](C)C(=O)NC2CCCCC2)S(C)(=O)=O)cc1.